The van der Waals surface area contributed by atoms with Crippen LogP contribution in [0, 0.1) is 6.92 Å². The van der Waals surface area contributed by atoms with Crippen molar-refractivity contribution in [2.75, 3.05) is 0 Å². The molecule has 1 aliphatic carbocycles. The average molecular weight is 350 g/mol. The third kappa shape index (κ3) is 2.89. The van der Waals surface area contributed by atoms with Gasteiger partial charge in [0, 0.05) is 18.3 Å². The molecule has 0 unspecified atom stereocenters. The molecule has 0 radical (unpaired) electrons. The van der Waals surface area contributed by atoms with E-state index in [0.29, 0.717) is 12.2 Å². The number of rotatable bonds is 4. The van der Waals surface area contributed by atoms with Crippen LogP contribution in [0.1, 0.15) is 53.2 Å². The van der Waals surface area contributed by atoms with Crippen molar-refractivity contribution < 1.29 is 4.79 Å². The van der Waals surface area contributed by atoms with Gasteiger partial charge in [0.15, 0.2) is 5.82 Å². The van der Waals surface area contributed by atoms with Gasteiger partial charge in [0.2, 0.25) is 0 Å². The van der Waals surface area contributed by atoms with Crippen LogP contribution in [-0.2, 0) is 13.0 Å². The van der Waals surface area contributed by atoms with Gasteiger partial charge in [-0.05, 0) is 51.3 Å². The maximum Gasteiger partial charge on any atom is 0.270 e. The number of nitrogens with zero attached hydrogens (tertiary/aromatic N) is 5. The molecule has 7 heteroatoms. The Morgan fingerprint density at radius 1 is 1.38 bits per heavy atom. The first kappa shape index (κ1) is 16.5. The van der Waals surface area contributed by atoms with Crippen molar-refractivity contribution in [3.63, 3.8) is 0 Å². The van der Waals surface area contributed by atoms with Gasteiger partial charge in [-0.25, -0.2) is 9.67 Å². The molecule has 3 aromatic heterocycles. The summed E-state index contributed by atoms with van der Waals surface area (Å²) >= 11 is 0. The summed E-state index contributed by atoms with van der Waals surface area (Å²) in [5, 5.41) is 12.1. The number of aromatic nitrogens is 5. The lowest BCUT2D eigenvalue weighted by molar-refractivity contribution is 0.0922. The van der Waals surface area contributed by atoms with Gasteiger partial charge in [-0.1, -0.05) is 6.07 Å². The van der Waals surface area contributed by atoms with Crippen LogP contribution in [0.3, 0.4) is 0 Å². The zero-order chi connectivity index (χ0) is 18.1. The number of aryl methyl sites for hydroxylation is 2. The second-order valence-electron chi connectivity index (χ2n) is 6.55. The van der Waals surface area contributed by atoms with Crippen molar-refractivity contribution in [3.8, 4) is 5.82 Å². The Bertz CT molecular complexity index is 927. The predicted octanol–water partition coefficient (Wildman–Crippen LogP) is 2.60. The number of hydrogen-bond donors (Lipinski definition) is 1. The van der Waals surface area contributed by atoms with Gasteiger partial charge < -0.3 is 5.32 Å². The SMILES string of the molecule is CCn1nc(C)cc1C(=O)N[C@H]1CCCc2c1cnn2-c1ccccn1. The fraction of sp³-hybridized carbons (Fsp3) is 0.368. The van der Waals surface area contributed by atoms with E-state index in [1.54, 1.807) is 10.9 Å². The zero-order valence-corrected chi connectivity index (χ0v) is 15.0. The summed E-state index contributed by atoms with van der Waals surface area (Å²) in [4.78, 5) is 17.2. The highest BCUT2D eigenvalue weighted by Crippen LogP contribution is 2.31. The zero-order valence-electron chi connectivity index (χ0n) is 15.0. The van der Waals surface area contributed by atoms with Crippen LogP contribution in [0.15, 0.2) is 36.7 Å². The molecule has 1 N–H and O–H groups in total. The number of pyridine rings is 1. The summed E-state index contributed by atoms with van der Waals surface area (Å²) in [5.41, 5.74) is 3.66. The molecule has 4 rings (SSSR count). The Morgan fingerprint density at radius 3 is 3.04 bits per heavy atom. The molecule has 0 aliphatic heterocycles. The molecule has 7 nitrogen and oxygen atoms in total. The number of amides is 1. The maximum atomic E-state index is 12.8. The molecular formula is C19H22N6O. The summed E-state index contributed by atoms with van der Waals surface area (Å²) in [6.07, 6.45) is 6.47. The molecule has 1 atom stereocenters. The number of carbonyl (C=O) groups is 1. The number of hydrogen-bond acceptors (Lipinski definition) is 4. The average Bonchev–Trinajstić information content (AvgIpc) is 3.26. The van der Waals surface area contributed by atoms with Crippen molar-refractivity contribution in [2.24, 2.45) is 0 Å². The molecule has 3 aromatic rings. The van der Waals surface area contributed by atoms with Gasteiger partial charge >= 0.3 is 0 Å². The van der Waals surface area contributed by atoms with Crippen molar-refractivity contribution in [1.29, 1.82) is 0 Å². The largest absolute Gasteiger partial charge is 0.344 e. The molecule has 1 aliphatic rings. The fourth-order valence-corrected chi connectivity index (χ4v) is 3.58. The first-order chi connectivity index (χ1) is 12.7. The summed E-state index contributed by atoms with van der Waals surface area (Å²) in [7, 11) is 0. The van der Waals surface area contributed by atoms with Crippen LogP contribution in [0.4, 0.5) is 0 Å². The van der Waals surface area contributed by atoms with Gasteiger partial charge in [-0.2, -0.15) is 10.2 Å². The molecule has 26 heavy (non-hydrogen) atoms. The van der Waals surface area contributed by atoms with Crippen LogP contribution in [0.5, 0.6) is 0 Å². The van der Waals surface area contributed by atoms with Gasteiger partial charge in [0.1, 0.15) is 5.69 Å². The Balaban J connectivity index is 1.61. The van der Waals surface area contributed by atoms with E-state index >= 15 is 0 Å². The first-order valence-electron chi connectivity index (χ1n) is 9.01. The monoisotopic (exact) mass is 350 g/mol. The molecule has 3 heterocycles. The minimum Gasteiger partial charge on any atom is -0.344 e. The standard InChI is InChI=1S/C19H22N6O/c1-3-24-17(11-13(2)23-24)19(26)22-15-7-6-8-16-14(15)12-21-25(16)18-9-4-5-10-20-18/h4-5,9-12,15H,3,6-8H2,1-2H3,(H,22,26)/t15-/m0/s1. The third-order valence-corrected chi connectivity index (χ3v) is 4.79. The van der Waals surface area contributed by atoms with Crippen LogP contribution in [0.25, 0.3) is 5.82 Å². The Labute approximate surface area is 152 Å². The molecule has 0 spiro atoms. The smallest absolute Gasteiger partial charge is 0.270 e. The lowest BCUT2D eigenvalue weighted by Gasteiger charge is -2.24. The number of fused-ring (bicyclic) bond motifs is 1. The normalized spacial score (nSPS) is 16.3. The van der Waals surface area contributed by atoms with Crippen molar-refractivity contribution in [2.45, 2.75) is 45.7 Å². The quantitative estimate of drug-likeness (QED) is 0.784. The Kier molecular flexibility index (Phi) is 4.28. The molecule has 134 valence electrons. The van der Waals surface area contributed by atoms with Gasteiger partial charge in [-0.3, -0.25) is 9.48 Å². The number of carbonyl (C=O) groups excluding carboxylic acids is 1. The second-order valence-corrected chi connectivity index (χ2v) is 6.55. The molecule has 0 saturated heterocycles. The van der Waals surface area contributed by atoms with Crippen LogP contribution in [-0.4, -0.2) is 30.5 Å². The molecule has 0 aromatic carbocycles. The fourth-order valence-electron chi connectivity index (χ4n) is 3.58. The van der Waals surface area contributed by atoms with E-state index in [4.69, 9.17) is 0 Å². The van der Waals surface area contributed by atoms with Crippen molar-refractivity contribution in [1.82, 2.24) is 29.9 Å². The highest BCUT2D eigenvalue weighted by atomic mass is 16.2. The summed E-state index contributed by atoms with van der Waals surface area (Å²) in [5.74, 6) is 0.719. The van der Waals surface area contributed by atoms with E-state index in [9.17, 15) is 4.79 Å². The van der Waals surface area contributed by atoms with Gasteiger partial charge in [-0.15, -0.1) is 0 Å². The van der Waals surface area contributed by atoms with Gasteiger partial charge in [0.25, 0.3) is 5.91 Å². The van der Waals surface area contributed by atoms with E-state index in [1.807, 2.05) is 49.0 Å². The lowest BCUT2D eigenvalue weighted by atomic mass is 9.93. The summed E-state index contributed by atoms with van der Waals surface area (Å²) in [6, 6.07) is 7.58. The molecule has 0 saturated carbocycles. The van der Waals surface area contributed by atoms with Crippen LogP contribution >= 0.6 is 0 Å². The minimum atomic E-state index is -0.0871. The highest BCUT2D eigenvalue weighted by Gasteiger charge is 2.27. The summed E-state index contributed by atoms with van der Waals surface area (Å²) < 4.78 is 3.62. The second kappa shape index (κ2) is 6.74. The number of nitrogens with one attached hydrogen (secondary N) is 1. The third-order valence-electron chi connectivity index (χ3n) is 4.79. The molecule has 0 fully saturated rings. The molecule has 0 bridgehead atoms. The lowest BCUT2D eigenvalue weighted by Crippen LogP contribution is -2.32. The highest BCUT2D eigenvalue weighted by molar-refractivity contribution is 5.93. The molecular weight excluding hydrogens is 328 g/mol. The Hall–Kier alpha value is -2.96. The van der Waals surface area contributed by atoms with E-state index in [0.717, 1.165) is 42.0 Å². The van der Waals surface area contributed by atoms with E-state index in [2.05, 4.69) is 20.5 Å². The maximum absolute atomic E-state index is 12.8. The van der Waals surface area contributed by atoms with Crippen molar-refractivity contribution >= 4 is 5.91 Å². The predicted molar refractivity (Wildman–Crippen MR) is 97.1 cm³/mol. The van der Waals surface area contributed by atoms with E-state index in [1.165, 1.54) is 0 Å². The van der Waals surface area contributed by atoms with Crippen LogP contribution in [0.2, 0.25) is 0 Å². The van der Waals surface area contributed by atoms with Crippen molar-refractivity contribution in [3.05, 3.63) is 59.3 Å². The minimum absolute atomic E-state index is 0.0378. The molecule has 1 amide bonds. The van der Waals surface area contributed by atoms with Crippen LogP contribution < -0.4 is 5.32 Å². The van der Waals surface area contributed by atoms with E-state index < -0.39 is 0 Å². The Morgan fingerprint density at radius 2 is 2.27 bits per heavy atom. The topological polar surface area (TPSA) is 77.6 Å². The van der Waals surface area contributed by atoms with Gasteiger partial charge in [0.05, 0.1) is 23.6 Å². The first-order valence-corrected chi connectivity index (χ1v) is 9.01. The summed E-state index contributed by atoms with van der Waals surface area (Å²) in [6.45, 7) is 4.56. The van der Waals surface area contributed by atoms with E-state index in [-0.39, 0.29) is 11.9 Å².